The predicted octanol–water partition coefficient (Wildman–Crippen LogP) is 1.50. The van der Waals surface area contributed by atoms with E-state index in [0.717, 1.165) is 35.4 Å². The number of rotatable bonds is 7. The molecule has 2 amide bonds. The Morgan fingerprint density at radius 3 is 2.43 bits per heavy atom. The highest BCUT2D eigenvalue weighted by atomic mass is 32.3. The molecule has 1 saturated heterocycles. The van der Waals surface area contributed by atoms with E-state index in [-0.39, 0.29) is 16.4 Å². The number of likely N-dealkylation sites (N-methyl/N-ethyl adjacent to an activating group) is 1. The lowest BCUT2D eigenvalue weighted by Gasteiger charge is -2.18. The maximum Gasteiger partial charge on any atom is 0.286 e. The van der Waals surface area contributed by atoms with Crippen LogP contribution in [0.15, 0.2) is 48.7 Å². The van der Waals surface area contributed by atoms with Gasteiger partial charge in [0, 0.05) is 13.2 Å². The number of pyridine rings is 1. The summed E-state index contributed by atoms with van der Waals surface area (Å²) in [6.45, 7) is 1.27. The molecular formula is C18H20N3O7S2-. The van der Waals surface area contributed by atoms with Gasteiger partial charge in [-0.1, -0.05) is 30.0 Å². The van der Waals surface area contributed by atoms with Gasteiger partial charge < -0.3 is 14.2 Å². The highest BCUT2D eigenvalue weighted by Crippen LogP contribution is 2.23. The number of ether oxygens (including phenoxy) is 1. The summed E-state index contributed by atoms with van der Waals surface area (Å²) in [7, 11) is -2.94. The number of carbonyl (C=O) groups is 2. The second-order valence-corrected chi connectivity index (χ2v) is 8.15. The van der Waals surface area contributed by atoms with Crippen LogP contribution in [-0.4, -0.2) is 59.1 Å². The average molecular weight is 455 g/mol. The Morgan fingerprint density at radius 2 is 1.90 bits per heavy atom. The van der Waals surface area contributed by atoms with Gasteiger partial charge in [-0.25, -0.2) is 13.4 Å². The summed E-state index contributed by atoms with van der Waals surface area (Å²) in [4.78, 5) is 29.1. The minimum absolute atomic E-state index is 0.215. The Hall–Kier alpha value is -2.67. The van der Waals surface area contributed by atoms with Crippen LogP contribution in [0, 0.1) is 0 Å². The molecule has 1 aliphatic rings. The van der Waals surface area contributed by atoms with E-state index in [9.17, 15) is 9.59 Å². The number of thioether (sulfide) groups is 1. The van der Waals surface area contributed by atoms with E-state index in [1.165, 1.54) is 0 Å². The molecule has 0 radical (unpaired) electrons. The zero-order valence-electron chi connectivity index (χ0n) is 15.9. The Morgan fingerprint density at radius 1 is 1.23 bits per heavy atom. The van der Waals surface area contributed by atoms with Crippen molar-refractivity contribution in [3.05, 3.63) is 54.2 Å². The molecule has 0 spiro atoms. The number of hydrogen-bond donors (Lipinski definition) is 2. The first-order chi connectivity index (χ1) is 14.1. The maximum absolute atomic E-state index is 11.6. The third-order valence-electron chi connectivity index (χ3n) is 3.85. The summed E-state index contributed by atoms with van der Waals surface area (Å²) in [5.41, 5.74) is 1.00. The van der Waals surface area contributed by atoms with Crippen LogP contribution in [0.5, 0.6) is 5.75 Å². The third-order valence-corrected chi connectivity index (χ3v) is 4.83. The Labute approximate surface area is 178 Å². The van der Waals surface area contributed by atoms with E-state index < -0.39 is 10.4 Å². The van der Waals surface area contributed by atoms with Crippen LogP contribution >= 0.6 is 11.8 Å². The van der Waals surface area contributed by atoms with Gasteiger partial charge in [0.05, 0.1) is 11.8 Å². The second-order valence-electron chi connectivity index (χ2n) is 6.12. The molecule has 0 saturated carbocycles. The molecule has 1 aromatic carbocycles. The number of anilines is 1. The molecule has 162 valence electrons. The number of nitrogens with zero attached hydrogens (tertiary/aromatic N) is 2. The van der Waals surface area contributed by atoms with Crippen molar-refractivity contribution in [2.45, 2.75) is 11.7 Å². The molecule has 2 N–H and O–H groups in total. The van der Waals surface area contributed by atoms with Crippen LogP contribution in [0.2, 0.25) is 0 Å². The van der Waals surface area contributed by atoms with Gasteiger partial charge in [0.15, 0.2) is 0 Å². The van der Waals surface area contributed by atoms with Crippen LogP contribution in [-0.2, 0) is 21.6 Å². The predicted molar refractivity (Wildman–Crippen MR) is 110 cm³/mol. The average Bonchev–Trinajstić information content (AvgIpc) is 2.99. The molecule has 0 aliphatic carbocycles. The largest absolute Gasteiger partial charge is 0.726 e. The zero-order chi connectivity index (χ0) is 22.1. The van der Waals surface area contributed by atoms with Crippen molar-refractivity contribution in [1.29, 1.82) is 0 Å². The lowest BCUT2D eigenvalue weighted by Crippen LogP contribution is -2.25. The minimum atomic E-state index is -4.92. The van der Waals surface area contributed by atoms with Crippen LogP contribution in [0.25, 0.3) is 0 Å². The number of carbonyl (C=O) groups excluding carboxylic acids is 2. The smallest absolute Gasteiger partial charge is 0.286 e. The van der Waals surface area contributed by atoms with Gasteiger partial charge >= 0.3 is 0 Å². The summed E-state index contributed by atoms with van der Waals surface area (Å²) in [6, 6.07) is 13.4. The zero-order valence-corrected chi connectivity index (χ0v) is 17.6. The van der Waals surface area contributed by atoms with Crippen LogP contribution in [0.4, 0.5) is 10.6 Å². The Balaban J connectivity index is 0.000000575. The van der Waals surface area contributed by atoms with Crippen molar-refractivity contribution in [2.75, 3.05) is 25.1 Å². The van der Waals surface area contributed by atoms with E-state index in [2.05, 4.69) is 10.3 Å². The lowest BCUT2D eigenvalue weighted by molar-refractivity contribution is -0.118. The van der Waals surface area contributed by atoms with Gasteiger partial charge in [-0.3, -0.25) is 19.5 Å². The molecule has 12 heteroatoms. The number of nitrogens with one attached hydrogen (secondary N) is 1. The Kier molecular flexibility index (Phi) is 8.59. The first-order valence-corrected chi connectivity index (χ1v) is 10.9. The van der Waals surface area contributed by atoms with Gasteiger partial charge in [0.2, 0.25) is 16.3 Å². The first kappa shape index (κ1) is 23.6. The number of hydrogen-bond acceptors (Lipinski definition) is 9. The van der Waals surface area contributed by atoms with Crippen LogP contribution in [0.1, 0.15) is 5.56 Å². The second kappa shape index (κ2) is 10.9. The molecule has 2 heterocycles. The monoisotopic (exact) mass is 454 g/mol. The molecule has 2 aromatic rings. The van der Waals surface area contributed by atoms with E-state index in [4.69, 9.17) is 22.3 Å². The summed E-state index contributed by atoms with van der Waals surface area (Å²) in [6.07, 6.45) is 2.30. The number of benzene rings is 1. The maximum atomic E-state index is 11.6. The number of amides is 2. The molecule has 1 unspecified atom stereocenters. The van der Waals surface area contributed by atoms with Crippen molar-refractivity contribution < 1.29 is 31.8 Å². The fourth-order valence-corrected chi connectivity index (χ4v) is 3.32. The van der Waals surface area contributed by atoms with E-state index in [1.807, 2.05) is 54.4 Å². The van der Waals surface area contributed by atoms with Gasteiger partial charge in [-0.05, 0) is 36.2 Å². The van der Waals surface area contributed by atoms with Gasteiger partial charge in [-0.2, -0.15) is 0 Å². The van der Waals surface area contributed by atoms with Crippen LogP contribution in [0.3, 0.4) is 0 Å². The van der Waals surface area contributed by atoms with Crippen molar-refractivity contribution in [3.8, 4) is 5.75 Å². The number of imide groups is 1. The summed E-state index contributed by atoms with van der Waals surface area (Å²) >= 11 is 1.05. The quantitative estimate of drug-likeness (QED) is 0.465. The molecule has 1 aliphatic heterocycles. The van der Waals surface area contributed by atoms with Crippen molar-refractivity contribution in [3.63, 3.8) is 0 Å². The van der Waals surface area contributed by atoms with Gasteiger partial charge in [0.1, 0.15) is 18.2 Å². The van der Waals surface area contributed by atoms with Crippen LogP contribution < -0.4 is 15.0 Å². The summed E-state index contributed by atoms with van der Waals surface area (Å²) < 4.78 is 38.6. The first-order valence-electron chi connectivity index (χ1n) is 8.65. The molecular weight excluding hydrogens is 434 g/mol. The highest BCUT2D eigenvalue weighted by Gasteiger charge is 2.31. The SMILES string of the molecule is CN(CCOc1ccc(CC2SC(=O)NC2=O)cc1)c1ccccn1.O=S(=O)([O-])O. The standard InChI is InChI=1S/C18H19N3O3S.H2O4S/c1-21(16-4-2-3-9-19-16)10-11-24-14-7-5-13(6-8-14)12-15-17(22)20-18(23)25-15;1-5(2,3)4/h2-9,15H,10-12H2,1H3,(H,20,22,23);(H2,1,2,3,4)/p-1. The minimum Gasteiger partial charge on any atom is -0.726 e. The van der Waals surface area contributed by atoms with Crippen molar-refractivity contribution in [1.82, 2.24) is 10.3 Å². The van der Waals surface area contributed by atoms with E-state index in [0.29, 0.717) is 13.0 Å². The fraction of sp³-hybridized carbons (Fsp3) is 0.278. The number of aromatic nitrogens is 1. The lowest BCUT2D eigenvalue weighted by atomic mass is 10.1. The van der Waals surface area contributed by atoms with Gasteiger partial charge in [0.25, 0.3) is 5.24 Å². The molecule has 1 atom stereocenters. The van der Waals surface area contributed by atoms with Gasteiger partial charge in [-0.15, -0.1) is 0 Å². The topological polar surface area (TPSA) is 149 Å². The summed E-state index contributed by atoms with van der Waals surface area (Å²) in [5, 5.41) is 1.69. The molecule has 1 fully saturated rings. The third kappa shape index (κ3) is 8.78. The molecule has 0 bridgehead atoms. The van der Waals surface area contributed by atoms with E-state index >= 15 is 0 Å². The normalized spacial score (nSPS) is 15.8. The van der Waals surface area contributed by atoms with E-state index in [1.54, 1.807) is 6.20 Å². The summed E-state index contributed by atoms with van der Waals surface area (Å²) in [5.74, 6) is 1.47. The van der Waals surface area contributed by atoms with Crippen molar-refractivity contribution in [2.24, 2.45) is 0 Å². The molecule has 3 rings (SSSR count). The molecule has 30 heavy (non-hydrogen) atoms. The molecule has 1 aromatic heterocycles. The van der Waals surface area contributed by atoms with Crippen molar-refractivity contribution >= 4 is 39.1 Å². The Bertz CT molecular complexity index is 946. The highest BCUT2D eigenvalue weighted by molar-refractivity contribution is 8.15. The molecule has 10 nitrogen and oxygen atoms in total. The fourth-order valence-electron chi connectivity index (χ4n) is 2.46.